The molecule has 0 spiro atoms. The molecule has 3 aromatic rings. The maximum absolute atomic E-state index is 12.9. The van der Waals surface area contributed by atoms with Crippen LogP contribution in [-0.4, -0.2) is 41.7 Å². The van der Waals surface area contributed by atoms with E-state index in [2.05, 4.69) is 10.6 Å². The largest absolute Gasteiger partial charge is 0.390 e. The maximum atomic E-state index is 12.9. The molecule has 0 aliphatic rings. The lowest BCUT2D eigenvalue weighted by Gasteiger charge is -2.24. The molecule has 10 heteroatoms. The van der Waals surface area contributed by atoms with Gasteiger partial charge in [0.25, 0.3) is 0 Å². The zero-order chi connectivity index (χ0) is 27.7. The Kier molecular flexibility index (Phi) is 9.90. The molecule has 0 atom stereocenters. The van der Waals surface area contributed by atoms with E-state index >= 15 is 0 Å². The van der Waals surface area contributed by atoms with E-state index in [-0.39, 0.29) is 18.1 Å². The smallest absolute Gasteiger partial charge is 0.380 e. The number of aryl methyl sites for hydroxylation is 1. The molecule has 2 amide bonds. The highest BCUT2D eigenvalue weighted by molar-refractivity contribution is 6.31. The molecule has 0 heterocycles. The second kappa shape index (κ2) is 13.1. The summed E-state index contributed by atoms with van der Waals surface area (Å²) in [5.41, 5.74) is 3.50. The van der Waals surface area contributed by atoms with Gasteiger partial charge in [0.2, 0.25) is 0 Å². The summed E-state index contributed by atoms with van der Waals surface area (Å²) < 4.78 is 38.8. The van der Waals surface area contributed by atoms with Crippen LogP contribution in [0.5, 0.6) is 0 Å². The molecule has 6 nitrogen and oxygen atoms in total. The number of benzene rings is 3. The van der Waals surface area contributed by atoms with Crippen molar-refractivity contribution in [1.29, 1.82) is 10.8 Å². The summed E-state index contributed by atoms with van der Waals surface area (Å²) in [7, 11) is 0. The van der Waals surface area contributed by atoms with E-state index in [1.165, 1.54) is 0 Å². The molecule has 0 unspecified atom stereocenters. The number of carbonyl (C=O) groups is 1. The zero-order valence-corrected chi connectivity index (χ0v) is 21.6. The van der Waals surface area contributed by atoms with Crippen molar-refractivity contribution in [2.75, 3.05) is 18.4 Å². The number of hydrogen-bond acceptors (Lipinski definition) is 4. The van der Waals surface area contributed by atoms with Crippen molar-refractivity contribution in [3.8, 4) is 0 Å². The molecule has 0 fully saturated rings. The molecule has 38 heavy (non-hydrogen) atoms. The molecule has 4 N–H and O–H groups in total. The number of urea groups is 1. The van der Waals surface area contributed by atoms with Crippen molar-refractivity contribution >= 4 is 34.9 Å². The Morgan fingerprint density at radius 3 is 2.34 bits per heavy atom. The summed E-state index contributed by atoms with van der Waals surface area (Å²) >= 11 is 6.27. The van der Waals surface area contributed by atoms with Crippen molar-refractivity contribution in [2.24, 2.45) is 0 Å². The van der Waals surface area contributed by atoms with E-state index in [1.54, 1.807) is 42.5 Å². The summed E-state index contributed by atoms with van der Waals surface area (Å²) in [5, 5.41) is 23.4. The maximum Gasteiger partial charge on any atom is 0.390 e. The van der Waals surface area contributed by atoms with E-state index in [0.717, 1.165) is 22.4 Å². The molecular weight excluding hydrogens is 515 g/mol. The first kappa shape index (κ1) is 28.7. The van der Waals surface area contributed by atoms with Crippen molar-refractivity contribution in [3.63, 3.8) is 0 Å². The normalized spacial score (nSPS) is 11.1. The fourth-order valence-corrected chi connectivity index (χ4v) is 3.92. The van der Waals surface area contributed by atoms with Crippen molar-refractivity contribution in [2.45, 2.75) is 32.5 Å². The van der Waals surface area contributed by atoms with Crippen LogP contribution >= 0.6 is 11.6 Å². The Morgan fingerprint density at radius 1 is 1.00 bits per heavy atom. The molecule has 0 saturated heterocycles. The monoisotopic (exact) mass is 543 g/mol. The van der Waals surface area contributed by atoms with Gasteiger partial charge < -0.3 is 16.0 Å². The van der Waals surface area contributed by atoms with E-state index in [1.807, 2.05) is 37.3 Å². The Balaban J connectivity index is 1.74. The summed E-state index contributed by atoms with van der Waals surface area (Å²) in [6.45, 7) is 1.47. The van der Waals surface area contributed by atoms with Crippen LogP contribution in [0.1, 0.15) is 35.6 Å². The second-order valence-electron chi connectivity index (χ2n) is 8.55. The number of anilines is 1. The predicted molar refractivity (Wildman–Crippen MR) is 145 cm³/mol. The second-order valence-corrected chi connectivity index (χ2v) is 8.95. The van der Waals surface area contributed by atoms with Gasteiger partial charge in [-0.3, -0.25) is 10.3 Å². The quantitative estimate of drug-likeness (QED) is 0.166. The molecule has 0 aliphatic carbocycles. The molecule has 0 aromatic heterocycles. The first-order valence-electron chi connectivity index (χ1n) is 12.0. The number of nitrogens with zero attached hydrogens (tertiary/aromatic N) is 1. The van der Waals surface area contributed by atoms with Crippen LogP contribution in [0.2, 0.25) is 5.02 Å². The molecule has 3 rings (SSSR count). The van der Waals surface area contributed by atoms with Gasteiger partial charge in [-0.15, -0.1) is 0 Å². The van der Waals surface area contributed by atoms with Crippen molar-refractivity contribution < 1.29 is 18.0 Å². The van der Waals surface area contributed by atoms with Gasteiger partial charge in [0, 0.05) is 34.9 Å². The Bertz CT molecular complexity index is 1280. The number of halogens is 4. The standard InChI is InChI=1S/C28H29ClF3N5O/c1-2-19-12-13-22(25(16-19)35-17-21-10-6-7-11-23(21)29)24(33)18-36-27(38)37(15-14-28(30,31)32)26(34)20-8-4-3-5-9-20/h3-13,16,33-35H,2,14-15,17-18H2,1H3,(H,36,38). The SMILES string of the molecule is CCc1ccc(C(=N)CNC(=O)N(CCC(F)(F)F)C(=N)c2ccccc2)c(NCc2ccccc2Cl)c1. The average molecular weight is 544 g/mol. The molecule has 0 aliphatic heterocycles. The lowest BCUT2D eigenvalue weighted by atomic mass is 10.0. The molecular formula is C28H29ClF3N5O. The van der Waals surface area contributed by atoms with Gasteiger partial charge in [-0.2, -0.15) is 13.2 Å². The number of amides is 2. The van der Waals surface area contributed by atoms with Gasteiger partial charge in [-0.25, -0.2) is 4.79 Å². The van der Waals surface area contributed by atoms with Crippen LogP contribution in [0.3, 0.4) is 0 Å². The van der Waals surface area contributed by atoms with Crippen molar-refractivity contribution in [1.82, 2.24) is 10.2 Å². The first-order chi connectivity index (χ1) is 18.1. The van der Waals surface area contributed by atoms with E-state index in [4.69, 9.17) is 22.4 Å². The Hall–Kier alpha value is -3.85. The van der Waals surface area contributed by atoms with Gasteiger partial charge in [-0.1, -0.05) is 79.2 Å². The number of nitrogens with one attached hydrogen (secondary N) is 4. The number of rotatable bonds is 10. The molecule has 200 valence electrons. The minimum atomic E-state index is -4.49. The highest BCUT2D eigenvalue weighted by Crippen LogP contribution is 2.23. The minimum Gasteiger partial charge on any atom is -0.380 e. The lowest BCUT2D eigenvalue weighted by Crippen LogP contribution is -2.46. The number of amidine groups is 1. The van der Waals surface area contributed by atoms with Crippen LogP contribution < -0.4 is 10.6 Å². The Labute approximate surface area is 224 Å². The highest BCUT2D eigenvalue weighted by Gasteiger charge is 2.30. The number of alkyl halides is 3. The zero-order valence-electron chi connectivity index (χ0n) is 20.8. The van der Waals surface area contributed by atoms with Crippen LogP contribution in [0.25, 0.3) is 0 Å². The third kappa shape index (κ3) is 8.08. The topological polar surface area (TPSA) is 92.1 Å². The fourth-order valence-electron chi connectivity index (χ4n) is 3.71. The summed E-state index contributed by atoms with van der Waals surface area (Å²) in [5.74, 6) is -0.353. The molecule has 0 radical (unpaired) electrons. The first-order valence-corrected chi connectivity index (χ1v) is 12.4. The van der Waals surface area contributed by atoms with Crippen LogP contribution in [-0.2, 0) is 13.0 Å². The van der Waals surface area contributed by atoms with Crippen LogP contribution in [0.4, 0.5) is 23.7 Å². The lowest BCUT2D eigenvalue weighted by molar-refractivity contribution is -0.135. The number of carbonyl (C=O) groups excluding carboxylic acids is 1. The third-order valence-electron chi connectivity index (χ3n) is 5.84. The fraction of sp³-hybridized carbons (Fsp3) is 0.250. The minimum absolute atomic E-state index is 0.0599. The van der Waals surface area contributed by atoms with Gasteiger partial charge in [0.1, 0.15) is 5.84 Å². The summed E-state index contributed by atoms with van der Waals surface area (Å²) in [6.07, 6.45) is -4.98. The summed E-state index contributed by atoms with van der Waals surface area (Å²) in [4.78, 5) is 13.7. The molecule has 0 saturated carbocycles. The van der Waals surface area contributed by atoms with Crippen molar-refractivity contribution in [3.05, 3.63) is 100 Å². The van der Waals surface area contributed by atoms with E-state index in [9.17, 15) is 18.0 Å². The summed E-state index contributed by atoms with van der Waals surface area (Å²) in [6, 6.07) is 20.2. The van der Waals surface area contributed by atoms with Crippen LogP contribution in [0.15, 0.2) is 72.8 Å². The average Bonchev–Trinajstić information content (AvgIpc) is 2.91. The third-order valence-corrected chi connectivity index (χ3v) is 6.21. The molecule has 3 aromatic carbocycles. The van der Waals surface area contributed by atoms with E-state index in [0.29, 0.717) is 28.4 Å². The van der Waals surface area contributed by atoms with Gasteiger partial charge in [0.05, 0.1) is 18.7 Å². The van der Waals surface area contributed by atoms with Gasteiger partial charge in [-0.05, 0) is 29.7 Å². The van der Waals surface area contributed by atoms with E-state index < -0.39 is 25.2 Å². The van der Waals surface area contributed by atoms with Crippen LogP contribution in [0, 0.1) is 10.8 Å². The number of hydrogen-bond donors (Lipinski definition) is 4. The van der Waals surface area contributed by atoms with Gasteiger partial charge >= 0.3 is 12.2 Å². The predicted octanol–water partition coefficient (Wildman–Crippen LogP) is 6.87. The Morgan fingerprint density at radius 2 is 1.68 bits per heavy atom. The highest BCUT2D eigenvalue weighted by atomic mass is 35.5. The van der Waals surface area contributed by atoms with Gasteiger partial charge in [0.15, 0.2) is 0 Å². The molecule has 0 bridgehead atoms.